The zero-order valence-electron chi connectivity index (χ0n) is 10.9. The molecule has 2 aromatic carbocycles. The van der Waals surface area contributed by atoms with E-state index in [-0.39, 0.29) is 17.0 Å². The fourth-order valence-electron chi connectivity index (χ4n) is 2.49. The van der Waals surface area contributed by atoms with Crippen LogP contribution in [0.2, 0.25) is 0 Å². The zero-order chi connectivity index (χ0) is 14.3. The van der Waals surface area contributed by atoms with Crippen molar-refractivity contribution >= 4 is 10.0 Å². The van der Waals surface area contributed by atoms with Gasteiger partial charge in [0.05, 0.1) is 10.9 Å². The van der Waals surface area contributed by atoms with E-state index in [1.165, 1.54) is 28.6 Å². The van der Waals surface area contributed by atoms with E-state index in [4.69, 9.17) is 0 Å². The van der Waals surface area contributed by atoms with Crippen LogP contribution in [0.4, 0.5) is 4.39 Å². The number of halogens is 1. The van der Waals surface area contributed by atoms with Gasteiger partial charge in [0.2, 0.25) is 10.0 Å². The number of hydrogen-bond donors (Lipinski definition) is 0. The highest BCUT2D eigenvalue weighted by Crippen LogP contribution is 2.47. The van der Waals surface area contributed by atoms with Crippen LogP contribution < -0.4 is 0 Å². The fourth-order valence-corrected chi connectivity index (χ4v) is 4.31. The highest BCUT2D eigenvalue weighted by molar-refractivity contribution is 7.89. The Morgan fingerprint density at radius 3 is 2.20 bits per heavy atom. The van der Waals surface area contributed by atoms with Gasteiger partial charge in [-0.05, 0) is 36.8 Å². The van der Waals surface area contributed by atoms with E-state index in [0.29, 0.717) is 0 Å². The van der Waals surface area contributed by atoms with E-state index in [1.807, 2.05) is 37.3 Å². The number of nitrogens with zero attached hydrogens (tertiary/aromatic N) is 1. The normalized spacial score (nSPS) is 25.4. The standard InChI is InChI=1S/C15H14FNO2S/c1-11-15(12-5-3-2-4-6-12)17(11)20(18,19)14-9-7-13(16)8-10-14/h2-11,15H,1H3/t11-,15+,17?/m1/s1. The first-order valence-corrected chi connectivity index (χ1v) is 7.80. The molecule has 1 saturated heterocycles. The van der Waals surface area contributed by atoms with Crippen LogP contribution in [0.1, 0.15) is 18.5 Å². The van der Waals surface area contributed by atoms with Gasteiger partial charge in [0.1, 0.15) is 5.82 Å². The number of sulfonamides is 1. The molecule has 0 N–H and O–H groups in total. The van der Waals surface area contributed by atoms with Crippen molar-refractivity contribution in [3.8, 4) is 0 Å². The molecule has 20 heavy (non-hydrogen) atoms. The van der Waals surface area contributed by atoms with Crippen molar-refractivity contribution in [3.63, 3.8) is 0 Å². The Balaban J connectivity index is 1.92. The molecule has 2 aromatic rings. The molecular formula is C15H14FNO2S. The average molecular weight is 291 g/mol. The van der Waals surface area contributed by atoms with Crippen LogP contribution in [-0.4, -0.2) is 18.8 Å². The molecule has 0 spiro atoms. The van der Waals surface area contributed by atoms with Gasteiger partial charge in [-0.1, -0.05) is 30.3 Å². The van der Waals surface area contributed by atoms with Gasteiger partial charge in [-0.3, -0.25) is 0 Å². The Hall–Kier alpha value is -1.72. The minimum absolute atomic E-state index is 0.0764. The van der Waals surface area contributed by atoms with Crippen molar-refractivity contribution in [3.05, 3.63) is 66.0 Å². The first-order chi connectivity index (χ1) is 9.51. The topological polar surface area (TPSA) is 37.1 Å². The van der Waals surface area contributed by atoms with Crippen molar-refractivity contribution < 1.29 is 12.8 Å². The number of benzene rings is 2. The summed E-state index contributed by atoms with van der Waals surface area (Å²) in [5.74, 6) is -0.442. The van der Waals surface area contributed by atoms with E-state index in [0.717, 1.165) is 5.56 Å². The van der Waals surface area contributed by atoms with E-state index < -0.39 is 15.8 Å². The molecule has 104 valence electrons. The summed E-state index contributed by atoms with van der Waals surface area (Å²) in [6, 6.07) is 14.2. The predicted molar refractivity (Wildman–Crippen MR) is 74.1 cm³/mol. The molecule has 0 saturated carbocycles. The van der Waals surface area contributed by atoms with Crippen LogP contribution >= 0.6 is 0 Å². The van der Waals surface area contributed by atoms with Crippen LogP contribution in [0.5, 0.6) is 0 Å². The molecule has 3 nitrogen and oxygen atoms in total. The Bertz CT molecular complexity index is 713. The van der Waals surface area contributed by atoms with E-state index >= 15 is 0 Å². The Labute approximate surface area is 117 Å². The molecule has 1 unspecified atom stereocenters. The summed E-state index contributed by atoms with van der Waals surface area (Å²) >= 11 is 0. The second kappa shape index (κ2) is 4.68. The molecule has 1 fully saturated rings. The van der Waals surface area contributed by atoms with Gasteiger partial charge in [-0.15, -0.1) is 0 Å². The third-order valence-corrected chi connectivity index (χ3v) is 5.56. The van der Waals surface area contributed by atoms with Crippen molar-refractivity contribution in [2.75, 3.05) is 0 Å². The van der Waals surface area contributed by atoms with E-state index in [2.05, 4.69) is 0 Å². The quantitative estimate of drug-likeness (QED) is 0.815. The summed E-state index contributed by atoms with van der Waals surface area (Å²) < 4.78 is 39.4. The first-order valence-electron chi connectivity index (χ1n) is 6.36. The van der Waals surface area contributed by atoms with Crippen LogP contribution in [0, 0.1) is 5.82 Å². The van der Waals surface area contributed by atoms with Gasteiger partial charge in [-0.2, -0.15) is 4.31 Å². The molecule has 0 radical (unpaired) electrons. The summed E-state index contributed by atoms with van der Waals surface area (Å²) in [5, 5.41) is 0. The highest BCUT2D eigenvalue weighted by Gasteiger charge is 2.53. The average Bonchev–Trinajstić information content (AvgIpc) is 3.13. The summed E-state index contributed by atoms with van der Waals surface area (Å²) in [6.45, 7) is 1.87. The second-order valence-corrected chi connectivity index (χ2v) is 6.73. The summed E-state index contributed by atoms with van der Waals surface area (Å²) in [7, 11) is -3.56. The molecule has 3 atom stereocenters. The molecular weight excluding hydrogens is 277 g/mol. The smallest absolute Gasteiger partial charge is 0.207 e. The first kappa shape index (κ1) is 13.3. The van der Waals surface area contributed by atoms with Gasteiger partial charge < -0.3 is 0 Å². The van der Waals surface area contributed by atoms with Crippen molar-refractivity contribution in [2.45, 2.75) is 23.9 Å². The maximum absolute atomic E-state index is 12.9. The monoisotopic (exact) mass is 291 g/mol. The molecule has 0 aromatic heterocycles. The second-order valence-electron chi connectivity index (χ2n) is 4.89. The zero-order valence-corrected chi connectivity index (χ0v) is 11.7. The van der Waals surface area contributed by atoms with Crippen molar-refractivity contribution in [1.29, 1.82) is 0 Å². The largest absolute Gasteiger partial charge is 0.243 e. The minimum Gasteiger partial charge on any atom is -0.207 e. The van der Waals surface area contributed by atoms with Gasteiger partial charge in [0.15, 0.2) is 0 Å². The molecule has 0 amide bonds. The van der Waals surface area contributed by atoms with Crippen LogP contribution in [-0.2, 0) is 10.0 Å². The molecule has 0 aliphatic carbocycles. The fraction of sp³-hybridized carbons (Fsp3) is 0.200. The van der Waals surface area contributed by atoms with Gasteiger partial charge in [0.25, 0.3) is 0 Å². The van der Waals surface area contributed by atoms with E-state index in [1.54, 1.807) is 0 Å². The lowest BCUT2D eigenvalue weighted by molar-refractivity contribution is 0.547. The van der Waals surface area contributed by atoms with Crippen LogP contribution in [0.15, 0.2) is 59.5 Å². The predicted octanol–water partition coefficient (Wildman–Crippen LogP) is 2.96. The van der Waals surface area contributed by atoms with Crippen molar-refractivity contribution in [1.82, 2.24) is 4.31 Å². The molecule has 5 heteroatoms. The van der Waals surface area contributed by atoms with Crippen molar-refractivity contribution in [2.24, 2.45) is 0 Å². The summed E-state index contributed by atoms with van der Waals surface area (Å²) in [4.78, 5) is 0.129. The molecule has 1 aliphatic heterocycles. The maximum Gasteiger partial charge on any atom is 0.243 e. The lowest BCUT2D eigenvalue weighted by Gasteiger charge is -2.06. The number of hydrogen-bond acceptors (Lipinski definition) is 2. The van der Waals surface area contributed by atoms with Gasteiger partial charge >= 0.3 is 0 Å². The minimum atomic E-state index is -3.56. The maximum atomic E-state index is 12.9. The Kier molecular flexibility index (Phi) is 3.11. The Morgan fingerprint density at radius 2 is 1.60 bits per heavy atom. The van der Waals surface area contributed by atoms with Crippen LogP contribution in [0.25, 0.3) is 0 Å². The highest BCUT2D eigenvalue weighted by atomic mass is 32.2. The summed E-state index contributed by atoms with van der Waals surface area (Å²) in [6.07, 6.45) is 0. The molecule has 0 bridgehead atoms. The Morgan fingerprint density at radius 1 is 1.00 bits per heavy atom. The molecule has 1 aliphatic rings. The third kappa shape index (κ3) is 2.13. The molecule has 1 heterocycles. The number of rotatable bonds is 3. The van der Waals surface area contributed by atoms with Crippen LogP contribution in [0.3, 0.4) is 0 Å². The molecule has 3 rings (SSSR count). The van der Waals surface area contributed by atoms with Gasteiger partial charge in [-0.25, -0.2) is 12.8 Å². The SMILES string of the molecule is C[C@@H]1[C@@H](c2ccccc2)N1S(=O)(=O)c1ccc(F)cc1. The lowest BCUT2D eigenvalue weighted by Crippen LogP contribution is -2.14. The lowest BCUT2D eigenvalue weighted by atomic mass is 10.1. The van der Waals surface area contributed by atoms with E-state index in [9.17, 15) is 12.8 Å². The van der Waals surface area contributed by atoms with Gasteiger partial charge in [0, 0.05) is 6.04 Å². The summed E-state index contributed by atoms with van der Waals surface area (Å²) in [5.41, 5.74) is 0.977. The third-order valence-electron chi connectivity index (χ3n) is 3.57.